The van der Waals surface area contributed by atoms with Crippen LogP contribution < -0.4 is 0 Å². The van der Waals surface area contributed by atoms with Crippen LogP contribution >= 0.6 is 0 Å². The molecule has 0 heterocycles. The van der Waals surface area contributed by atoms with Gasteiger partial charge < -0.3 is 29.2 Å². The number of hydrogen-bond donors (Lipinski definition) is 2. The predicted octanol–water partition coefficient (Wildman–Crippen LogP) is 0.405. The van der Waals surface area contributed by atoms with Gasteiger partial charge in [0.1, 0.15) is 6.61 Å². The molecule has 0 saturated heterocycles. The van der Waals surface area contributed by atoms with E-state index in [0.717, 1.165) is 6.08 Å². The lowest BCUT2D eigenvalue weighted by Crippen LogP contribution is -2.14. The zero-order valence-corrected chi connectivity index (χ0v) is 13.5. The number of carbonyl (C=O) groups is 2. The van der Waals surface area contributed by atoms with Gasteiger partial charge in [0.2, 0.25) is 0 Å². The first-order valence-electron chi connectivity index (χ1n) is 6.97. The van der Waals surface area contributed by atoms with Crippen molar-refractivity contribution in [1.82, 2.24) is 0 Å². The molecule has 0 fully saturated rings. The molecule has 0 aromatic heterocycles. The molecule has 0 saturated carbocycles. The maximum absolute atomic E-state index is 11.0. The van der Waals surface area contributed by atoms with Gasteiger partial charge in [-0.2, -0.15) is 0 Å². The van der Waals surface area contributed by atoms with Crippen molar-refractivity contribution in [1.29, 1.82) is 0 Å². The highest BCUT2D eigenvalue weighted by Gasteiger charge is 2.01. The van der Waals surface area contributed by atoms with E-state index in [1.54, 1.807) is 6.92 Å². The van der Waals surface area contributed by atoms with Crippen LogP contribution in [0.5, 0.6) is 0 Å². The minimum Gasteiger partial charge on any atom is -0.478 e. The van der Waals surface area contributed by atoms with Crippen LogP contribution in [-0.2, 0) is 28.5 Å². The lowest BCUT2D eigenvalue weighted by Gasteiger charge is -2.07. The molecular weight excluding hydrogens is 308 g/mol. The number of carbonyl (C=O) groups excluding carboxylic acids is 1. The molecule has 0 aliphatic heterocycles. The Hall–Kier alpha value is -1.74. The van der Waals surface area contributed by atoms with Gasteiger partial charge >= 0.3 is 11.9 Å². The summed E-state index contributed by atoms with van der Waals surface area (Å²) in [7, 11) is 0. The molecule has 0 aromatic carbocycles. The van der Waals surface area contributed by atoms with Crippen molar-refractivity contribution < 1.29 is 38.7 Å². The number of aliphatic hydroxyl groups is 1. The minimum atomic E-state index is -0.981. The van der Waals surface area contributed by atoms with Crippen molar-refractivity contribution in [3.8, 4) is 0 Å². The smallest absolute Gasteiger partial charge is 0.333 e. The number of aliphatic hydroxyl groups excluding tert-OH is 1. The molecule has 0 aromatic rings. The van der Waals surface area contributed by atoms with Gasteiger partial charge in [0, 0.05) is 11.6 Å². The number of rotatable bonds is 13. The summed E-state index contributed by atoms with van der Waals surface area (Å²) < 4.78 is 20.2. The number of carboxylic acid groups (broad SMARTS) is 1. The Balaban J connectivity index is 0. The highest BCUT2D eigenvalue weighted by molar-refractivity contribution is 5.86. The van der Waals surface area contributed by atoms with Gasteiger partial charge in [-0.1, -0.05) is 13.2 Å². The third-order valence-corrected chi connectivity index (χ3v) is 1.96. The van der Waals surface area contributed by atoms with Gasteiger partial charge in [-0.25, -0.2) is 9.59 Å². The van der Waals surface area contributed by atoms with E-state index >= 15 is 0 Å². The first-order chi connectivity index (χ1) is 11.0. The van der Waals surface area contributed by atoms with Crippen LogP contribution in [0, 0.1) is 0 Å². The van der Waals surface area contributed by atoms with Gasteiger partial charge in [0.25, 0.3) is 0 Å². The number of ether oxygens (including phenoxy) is 4. The molecular formula is C15H26O8. The number of hydrogen-bond acceptors (Lipinski definition) is 7. The van der Waals surface area contributed by atoms with Gasteiger partial charge in [-0.3, -0.25) is 0 Å². The van der Waals surface area contributed by atoms with E-state index in [2.05, 4.69) is 13.2 Å². The number of aliphatic carboxylic acids is 1. The molecule has 0 aliphatic rings. The van der Waals surface area contributed by atoms with E-state index in [0.29, 0.717) is 45.2 Å². The summed E-state index contributed by atoms with van der Waals surface area (Å²) in [6, 6.07) is 0. The predicted molar refractivity (Wildman–Crippen MR) is 83.1 cm³/mol. The fraction of sp³-hybridized carbons (Fsp3) is 0.600. The third kappa shape index (κ3) is 22.7. The summed E-state index contributed by atoms with van der Waals surface area (Å²) in [6.45, 7) is 10.7. The average Bonchev–Trinajstić information content (AvgIpc) is 2.52. The molecule has 0 amide bonds. The Bertz CT molecular complexity index is 340. The lowest BCUT2D eigenvalue weighted by atomic mass is 10.4. The van der Waals surface area contributed by atoms with E-state index in [4.69, 9.17) is 29.2 Å². The third-order valence-electron chi connectivity index (χ3n) is 1.96. The molecule has 2 N–H and O–H groups in total. The summed E-state index contributed by atoms with van der Waals surface area (Å²) in [5.74, 6) is -1.39. The van der Waals surface area contributed by atoms with E-state index in [1.807, 2.05) is 0 Å². The van der Waals surface area contributed by atoms with Crippen molar-refractivity contribution >= 4 is 11.9 Å². The summed E-state index contributed by atoms with van der Waals surface area (Å²) in [5, 5.41) is 16.0. The number of esters is 1. The molecule has 134 valence electrons. The van der Waals surface area contributed by atoms with Crippen LogP contribution in [0.25, 0.3) is 0 Å². The normalized spacial score (nSPS) is 9.48. The molecule has 8 heteroatoms. The molecule has 23 heavy (non-hydrogen) atoms. The Morgan fingerprint density at radius 1 is 0.957 bits per heavy atom. The summed E-state index contributed by atoms with van der Waals surface area (Å²) in [6.07, 6.45) is 0.833. The zero-order chi connectivity index (χ0) is 17.9. The maximum Gasteiger partial charge on any atom is 0.333 e. The molecule has 0 rings (SSSR count). The highest BCUT2D eigenvalue weighted by atomic mass is 16.6. The van der Waals surface area contributed by atoms with Crippen molar-refractivity contribution in [2.24, 2.45) is 0 Å². The van der Waals surface area contributed by atoms with Crippen LogP contribution in [0.2, 0.25) is 0 Å². The molecule has 0 bridgehead atoms. The summed E-state index contributed by atoms with van der Waals surface area (Å²) >= 11 is 0. The van der Waals surface area contributed by atoms with E-state index in [9.17, 15) is 9.59 Å². The Morgan fingerprint density at radius 2 is 1.35 bits per heavy atom. The lowest BCUT2D eigenvalue weighted by molar-refractivity contribution is -0.140. The van der Waals surface area contributed by atoms with E-state index in [1.165, 1.54) is 0 Å². The molecule has 0 radical (unpaired) electrons. The van der Waals surface area contributed by atoms with E-state index in [-0.39, 0.29) is 13.2 Å². The van der Waals surface area contributed by atoms with Crippen molar-refractivity contribution in [3.63, 3.8) is 0 Å². The van der Waals surface area contributed by atoms with Crippen molar-refractivity contribution in [3.05, 3.63) is 24.8 Å². The first-order valence-corrected chi connectivity index (χ1v) is 6.97. The zero-order valence-electron chi connectivity index (χ0n) is 13.5. The maximum atomic E-state index is 11.0. The second-order valence-corrected chi connectivity index (χ2v) is 4.02. The summed E-state index contributed by atoms with van der Waals surface area (Å²) in [5.41, 5.74) is 0.376. The topological polar surface area (TPSA) is 112 Å². The van der Waals surface area contributed by atoms with Crippen LogP contribution in [-0.4, -0.2) is 75.0 Å². The van der Waals surface area contributed by atoms with Crippen LogP contribution in [0.1, 0.15) is 6.92 Å². The average molecular weight is 334 g/mol. The molecule has 0 unspecified atom stereocenters. The molecule has 0 spiro atoms. The fourth-order valence-electron chi connectivity index (χ4n) is 0.923. The Kier molecular flexibility index (Phi) is 18.7. The van der Waals surface area contributed by atoms with Crippen LogP contribution in [0.4, 0.5) is 0 Å². The van der Waals surface area contributed by atoms with Gasteiger partial charge in [-0.15, -0.1) is 0 Å². The fourth-order valence-corrected chi connectivity index (χ4v) is 0.923. The monoisotopic (exact) mass is 334 g/mol. The SMILES string of the molecule is C=C(C)C(=O)OCCOCCOCCOCCO.C=CC(=O)O. The van der Waals surface area contributed by atoms with Gasteiger partial charge in [-0.05, 0) is 6.92 Å². The molecule has 0 aliphatic carbocycles. The summed E-state index contributed by atoms with van der Waals surface area (Å²) in [4.78, 5) is 20.2. The largest absolute Gasteiger partial charge is 0.478 e. The Morgan fingerprint density at radius 3 is 1.70 bits per heavy atom. The van der Waals surface area contributed by atoms with Crippen molar-refractivity contribution in [2.75, 3.05) is 52.9 Å². The van der Waals surface area contributed by atoms with Crippen molar-refractivity contribution in [2.45, 2.75) is 6.92 Å². The first kappa shape index (κ1) is 23.5. The van der Waals surface area contributed by atoms with Gasteiger partial charge in [0.15, 0.2) is 0 Å². The minimum absolute atomic E-state index is 0.0199. The molecule has 0 atom stereocenters. The second kappa shape index (κ2) is 18.3. The highest BCUT2D eigenvalue weighted by Crippen LogP contribution is 1.91. The van der Waals surface area contributed by atoms with Gasteiger partial charge in [0.05, 0.1) is 46.2 Å². The van der Waals surface area contributed by atoms with Crippen LogP contribution in [0.15, 0.2) is 24.8 Å². The second-order valence-electron chi connectivity index (χ2n) is 4.02. The standard InChI is InChI=1S/C12H22O6.C3H4O2/c1-11(2)12(14)18-10-9-17-8-7-16-6-5-15-4-3-13;1-2-3(4)5/h13H,1,3-10H2,2H3;2H,1H2,(H,4,5). The molecule has 8 nitrogen and oxygen atoms in total. The number of carboxylic acids is 1. The van der Waals surface area contributed by atoms with E-state index < -0.39 is 11.9 Å². The van der Waals surface area contributed by atoms with Crippen LogP contribution in [0.3, 0.4) is 0 Å². The quantitative estimate of drug-likeness (QED) is 0.283. The Labute approximate surface area is 136 Å².